The minimum atomic E-state index is 0.0704. The average Bonchev–Trinajstić information content (AvgIpc) is 2.42. The first-order chi connectivity index (χ1) is 5.70. The molecule has 0 fully saturated rings. The zero-order valence-corrected chi connectivity index (χ0v) is 8.46. The summed E-state index contributed by atoms with van der Waals surface area (Å²) in [5.41, 5.74) is 1.56. The van der Waals surface area contributed by atoms with E-state index in [0.717, 1.165) is 15.6 Å². The molecule has 0 aromatic heterocycles. The largest absolute Gasteiger partial charge is 0.507 e. The van der Waals surface area contributed by atoms with Crippen LogP contribution in [0, 0.1) is 3.57 Å². The normalized spacial score (nSPS) is 14.9. The van der Waals surface area contributed by atoms with Gasteiger partial charge in [-0.3, -0.25) is 4.79 Å². The molecule has 0 atom stereocenters. The van der Waals surface area contributed by atoms with E-state index in [9.17, 15) is 9.90 Å². The Kier molecular flexibility index (Phi) is 1.83. The number of aromatic hydroxyl groups is 1. The van der Waals surface area contributed by atoms with Gasteiger partial charge in [0.2, 0.25) is 0 Å². The number of phenols is 1. The maximum absolute atomic E-state index is 11.3. The van der Waals surface area contributed by atoms with Gasteiger partial charge in [-0.2, -0.15) is 0 Å². The lowest BCUT2D eigenvalue weighted by Crippen LogP contribution is -1.92. The van der Waals surface area contributed by atoms with Crippen molar-refractivity contribution in [3.8, 4) is 5.75 Å². The molecule has 0 heterocycles. The van der Waals surface area contributed by atoms with E-state index in [0.29, 0.717) is 12.0 Å². The first-order valence-electron chi connectivity index (χ1n) is 3.73. The summed E-state index contributed by atoms with van der Waals surface area (Å²) in [4.78, 5) is 11.3. The lowest BCUT2D eigenvalue weighted by Gasteiger charge is -2.02. The van der Waals surface area contributed by atoms with Gasteiger partial charge in [-0.15, -0.1) is 0 Å². The van der Waals surface area contributed by atoms with Gasteiger partial charge in [-0.05, 0) is 46.7 Å². The summed E-state index contributed by atoms with van der Waals surface area (Å²) in [6.45, 7) is 0. The van der Waals surface area contributed by atoms with Crippen LogP contribution in [0.2, 0.25) is 0 Å². The van der Waals surface area contributed by atoms with Gasteiger partial charge < -0.3 is 5.11 Å². The van der Waals surface area contributed by atoms with E-state index in [2.05, 4.69) is 22.6 Å². The molecule has 2 rings (SSSR count). The predicted octanol–water partition coefficient (Wildman–Crippen LogP) is 2.13. The zero-order valence-electron chi connectivity index (χ0n) is 6.30. The second kappa shape index (κ2) is 2.73. The van der Waals surface area contributed by atoms with Crippen LogP contribution in [0.5, 0.6) is 5.75 Å². The van der Waals surface area contributed by atoms with Crippen LogP contribution in [0.15, 0.2) is 12.1 Å². The summed E-state index contributed by atoms with van der Waals surface area (Å²) in [5.74, 6) is 0.203. The molecule has 1 aliphatic rings. The Labute approximate surface area is 83.7 Å². The van der Waals surface area contributed by atoms with E-state index in [1.807, 2.05) is 6.07 Å². The standard InChI is InChI=1S/C9H7IO2/c10-6-2-4-8(12)9-5(6)1-3-7(9)11/h2,4,12H,1,3H2. The molecule has 0 bridgehead atoms. The van der Waals surface area contributed by atoms with Crippen molar-refractivity contribution in [1.82, 2.24) is 0 Å². The summed E-state index contributed by atoms with van der Waals surface area (Å²) in [6, 6.07) is 3.43. The molecule has 2 nitrogen and oxygen atoms in total. The van der Waals surface area contributed by atoms with Crippen molar-refractivity contribution in [1.29, 1.82) is 0 Å². The number of halogens is 1. The molecule has 1 aromatic carbocycles. The number of benzene rings is 1. The smallest absolute Gasteiger partial charge is 0.167 e. The monoisotopic (exact) mass is 274 g/mol. The van der Waals surface area contributed by atoms with Gasteiger partial charge in [0.25, 0.3) is 0 Å². The molecule has 1 aliphatic carbocycles. The Balaban J connectivity index is 2.72. The van der Waals surface area contributed by atoms with Gasteiger partial charge in [0.15, 0.2) is 5.78 Å². The third kappa shape index (κ3) is 1.03. The topological polar surface area (TPSA) is 37.3 Å². The lowest BCUT2D eigenvalue weighted by atomic mass is 10.1. The molecule has 0 aliphatic heterocycles. The Morgan fingerprint density at radius 3 is 2.75 bits per heavy atom. The first-order valence-corrected chi connectivity index (χ1v) is 4.81. The highest BCUT2D eigenvalue weighted by Crippen LogP contribution is 2.32. The molecule has 12 heavy (non-hydrogen) atoms. The number of phenolic OH excluding ortho intramolecular Hbond substituents is 1. The van der Waals surface area contributed by atoms with Crippen LogP contribution >= 0.6 is 22.6 Å². The molecular formula is C9H7IO2. The first kappa shape index (κ1) is 8.04. The predicted molar refractivity (Wildman–Crippen MR) is 53.5 cm³/mol. The molecule has 0 saturated carbocycles. The fraction of sp³-hybridized carbons (Fsp3) is 0.222. The van der Waals surface area contributed by atoms with Crippen LogP contribution in [0.3, 0.4) is 0 Å². The van der Waals surface area contributed by atoms with Crippen LogP contribution < -0.4 is 0 Å². The van der Waals surface area contributed by atoms with Crippen LogP contribution in [0.1, 0.15) is 22.3 Å². The van der Waals surface area contributed by atoms with Crippen molar-refractivity contribution in [2.45, 2.75) is 12.8 Å². The van der Waals surface area contributed by atoms with Crippen LogP contribution in [0.4, 0.5) is 0 Å². The zero-order chi connectivity index (χ0) is 8.72. The number of fused-ring (bicyclic) bond motifs is 1. The SMILES string of the molecule is O=C1CCc2c(I)ccc(O)c21. The minimum absolute atomic E-state index is 0.0704. The third-order valence-corrected chi connectivity index (χ3v) is 3.13. The molecule has 1 aromatic rings. The molecule has 0 saturated heterocycles. The Morgan fingerprint density at radius 2 is 2.08 bits per heavy atom. The Bertz CT molecular complexity index is 358. The maximum atomic E-state index is 11.3. The third-order valence-electron chi connectivity index (χ3n) is 2.11. The van der Waals surface area contributed by atoms with Crippen molar-refractivity contribution in [3.63, 3.8) is 0 Å². The van der Waals surface area contributed by atoms with E-state index in [1.165, 1.54) is 0 Å². The van der Waals surface area contributed by atoms with Gasteiger partial charge in [-0.25, -0.2) is 0 Å². The van der Waals surface area contributed by atoms with E-state index in [4.69, 9.17) is 0 Å². The molecular weight excluding hydrogens is 267 g/mol. The maximum Gasteiger partial charge on any atom is 0.167 e. The van der Waals surface area contributed by atoms with Crippen LogP contribution in [-0.4, -0.2) is 10.9 Å². The summed E-state index contributed by atoms with van der Waals surface area (Å²) in [5, 5.41) is 9.40. The molecule has 62 valence electrons. The molecule has 1 N–H and O–H groups in total. The average molecular weight is 274 g/mol. The van der Waals surface area contributed by atoms with E-state index in [-0.39, 0.29) is 11.5 Å². The van der Waals surface area contributed by atoms with Gasteiger partial charge >= 0.3 is 0 Å². The number of ketones is 1. The van der Waals surface area contributed by atoms with Gasteiger partial charge in [0.1, 0.15) is 5.75 Å². The summed E-state index contributed by atoms with van der Waals surface area (Å²) in [6.07, 6.45) is 1.32. The van der Waals surface area contributed by atoms with Crippen molar-refractivity contribution in [2.75, 3.05) is 0 Å². The van der Waals surface area contributed by atoms with Crippen molar-refractivity contribution in [3.05, 3.63) is 26.8 Å². The molecule has 0 radical (unpaired) electrons. The lowest BCUT2D eigenvalue weighted by molar-refractivity contribution is 0.0992. The number of hydrogen-bond donors (Lipinski definition) is 1. The van der Waals surface area contributed by atoms with Gasteiger partial charge in [0, 0.05) is 9.99 Å². The number of hydrogen-bond acceptors (Lipinski definition) is 2. The highest BCUT2D eigenvalue weighted by atomic mass is 127. The van der Waals surface area contributed by atoms with E-state index in [1.54, 1.807) is 6.07 Å². The molecule has 0 amide bonds. The Morgan fingerprint density at radius 1 is 1.33 bits per heavy atom. The summed E-state index contributed by atoms with van der Waals surface area (Å²) in [7, 11) is 0. The molecule has 0 spiro atoms. The summed E-state index contributed by atoms with van der Waals surface area (Å²) < 4.78 is 1.08. The van der Waals surface area contributed by atoms with Crippen LogP contribution in [0.25, 0.3) is 0 Å². The highest BCUT2D eigenvalue weighted by molar-refractivity contribution is 14.1. The molecule has 0 unspecified atom stereocenters. The number of carbonyl (C=O) groups excluding carboxylic acids is 1. The van der Waals surface area contributed by atoms with Gasteiger partial charge in [0.05, 0.1) is 5.56 Å². The van der Waals surface area contributed by atoms with Gasteiger partial charge in [-0.1, -0.05) is 0 Å². The second-order valence-corrected chi connectivity index (χ2v) is 4.01. The van der Waals surface area contributed by atoms with E-state index < -0.39 is 0 Å². The molecule has 3 heteroatoms. The fourth-order valence-electron chi connectivity index (χ4n) is 1.53. The quantitative estimate of drug-likeness (QED) is 0.736. The van der Waals surface area contributed by atoms with Crippen LogP contribution in [-0.2, 0) is 6.42 Å². The van der Waals surface area contributed by atoms with Crippen molar-refractivity contribution < 1.29 is 9.90 Å². The highest BCUT2D eigenvalue weighted by Gasteiger charge is 2.24. The number of rotatable bonds is 0. The Hall–Kier alpha value is -0.580. The number of carbonyl (C=O) groups is 1. The fourth-order valence-corrected chi connectivity index (χ4v) is 2.25. The summed E-state index contributed by atoms with van der Waals surface area (Å²) >= 11 is 2.19. The minimum Gasteiger partial charge on any atom is -0.507 e. The second-order valence-electron chi connectivity index (χ2n) is 2.84. The van der Waals surface area contributed by atoms with Crippen molar-refractivity contribution >= 4 is 28.4 Å². The van der Waals surface area contributed by atoms with E-state index >= 15 is 0 Å². The number of Topliss-reactive ketones (excluding diaryl/α,β-unsaturated/α-hetero) is 1. The van der Waals surface area contributed by atoms with Crippen molar-refractivity contribution in [2.24, 2.45) is 0 Å².